The van der Waals surface area contributed by atoms with E-state index in [1.807, 2.05) is 30.3 Å². The van der Waals surface area contributed by atoms with Crippen LogP contribution in [0.1, 0.15) is 0 Å². The fourth-order valence-electron chi connectivity index (χ4n) is 1.45. The van der Waals surface area contributed by atoms with Gasteiger partial charge < -0.3 is 9.42 Å². The average Bonchev–Trinajstić information content (AvgIpc) is 2.16. The number of hydrogen-bond acceptors (Lipinski definition) is 3. The van der Waals surface area contributed by atoms with Gasteiger partial charge in [-0.1, -0.05) is 36.4 Å². The minimum absolute atomic E-state index is 0. The summed E-state index contributed by atoms with van der Waals surface area (Å²) in [5.74, 6) is 0.383. The summed E-state index contributed by atoms with van der Waals surface area (Å²) in [5, 5.41) is 1.77. The van der Waals surface area contributed by atoms with E-state index in [9.17, 15) is 9.46 Å². The second-order valence-corrected chi connectivity index (χ2v) is 5.07. The number of benzene rings is 2. The maximum atomic E-state index is 11.0. The molecule has 0 radical (unpaired) electrons. The third-order valence-corrected chi connectivity index (χ3v) is 2.54. The largest absolute Gasteiger partial charge is 1.00 e. The Morgan fingerprint density at radius 1 is 1.12 bits per heavy atom. The van der Waals surface area contributed by atoms with Gasteiger partial charge in [0.2, 0.25) is 0 Å². The van der Waals surface area contributed by atoms with Gasteiger partial charge in [0.1, 0.15) is 5.75 Å². The summed E-state index contributed by atoms with van der Waals surface area (Å²) in [4.78, 5) is 11.0. The van der Waals surface area contributed by atoms with E-state index in [-0.39, 0.29) is 29.6 Å². The Labute approximate surface area is 116 Å². The van der Waals surface area contributed by atoms with Crippen molar-refractivity contribution in [2.24, 2.45) is 0 Å². The van der Waals surface area contributed by atoms with E-state index < -0.39 is 7.60 Å². The van der Waals surface area contributed by atoms with Gasteiger partial charge in [0.05, 0.1) is 0 Å². The summed E-state index contributed by atoms with van der Waals surface area (Å²) in [7, 11) is -3.74. The van der Waals surface area contributed by atoms with Crippen molar-refractivity contribution in [2.75, 3.05) is 6.66 Å². The van der Waals surface area contributed by atoms with Crippen molar-refractivity contribution >= 4 is 18.4 Å². The molecule has 78 valence electrons. The summed E-state index contributed by atoms with van der Waals surface area (Å²) >= 11 is 0. The Morgan fingerprint density at radius 2 is 1.75 bits per heavy atom. The van der Waals surface area contributed by atoms with Crippen LogP contribution in [0.25, 0.3) is 10.8 Å². The molecule has 0 aliphatic carbocycles. The number of rotatable bonds is 2. The molecule has 0 amide bonds. The van der Waals surface area contributed by atoms with Crippen molar-refractivity contribution in [3.05, 3.63) is 42.5 Å². The first-order valence-corrected chi connectivity index (χ1v) is 6.51. The van der Waals surface area contributed by atoms with Gasteiger partial charge in [-0.2, -0.15) is 0 Å². The maximum absolute atomic E-state index is 11.0. The topological polar surface area (TPSA) is 49.4 Å². The van der Waals surface area contributed by atoms with Crippen LogP contribution in [0.3, 0.4) is 0 Å². The Hall–Kier alpha value is -0.310. The minimum atomic E-state index is -3.74. The smallest absolute Gasteiger partial charge is 0.769 e. The molecule has 3 nitrogen and oxygen atoms in total. The summed E-state index contributed by atoms with van der Waals surface area (Å²) in [6.07, 6.45) is 0. The van der Waals surface area contributed by atoms with Crippen LogP contribution in [0.5, 0.6) is 5.75 Å². The van der Waals surface area contributed by atoms with E-state index in [1.54, 1.807) is 12.1 Å². The molecule has 0 spiro atoms. The van der Waals surface area contributed by atoms with Gasteiger partial charge in [-0.05, 0) is 11.5 Å². The summed E-state index contributed by atoms with van der Waals surface area (Å²) in [6, 6.07) is 12.8. The zero-order chi connectivity index (χ0) is 10.9. The van der Waals surface area contributed by atoms with Crippen molar-refractivity contribution in [1.82, 2.24) is 0 Å². The molecule has 0 saturated heterocycles. The zero-order valence-electron chi connectivity index (χ0n) is 9.21. The van der Waals surface area contributed by atoms with Crippen LogP contribution >= 0.6 is 7.60 Å². The fraction of sp³-hybridized carbons (Fsp3) is 0.0909. The quantitative estimate of drug-likeness (QED) is 0.524. The molecule has 0 saturated carbocycles. The van der Waals surface area contributed by atoms with Crippen LogP contribution in [0.15, 0.2) is 42.5 Å². The van der Waals surface area contributed by atoms with Gasteiger partial charge in [0.15, 0.2) is 7.60 Å². The predicted octanol–water partition coefficient (Wildman–Crippen LogP) is -0.594. The Kier molecular flexibility index (Phi) is 4.60. The van der Waals surface area contributed by atoms with Crippen molar-refractivity contribution in [3.63, 3.8) is 0 Å². The number of hydrogen-bond donors (Lipinski definition) is 0. The van der Waals surface area contributed by atoms with E-state index in [0.717, 1.165) is 17.4 Å². The third kappa shape index (κ3) is 3.34. The van der Waals surface area contributed by atoms with Gasteiger partial charge in [-0.25, -0.2) is 0 Å². The van der Waals surface area contributed by atoms with Gasteiger partial charge >= 0.3 is 29.6 Å². The van der Waals surface area contributed by atoms with Crippen molar-refractivity contribution in [2.45, 2.75) is 0 Å². The first-order chi connectivity index (χ1) is 7.06. The molecule has 2 aromatic carbocycles. The van der Waals surface area contributed by atoms with E-state index >= 15 is 0 Å². The molecule has 0 fully saturated rings. The number of fused-ring (bicyclic) bond motifs is 1. The Bertz CT molecular complexity index is 530. The molecule has 1 unspecified atom stereocenters. The first kappa shape index (κ1) is 13.8. The van der Waals surface area contributed by atoms with E-state index in [4.69, 9.17) is 4.52 Å². The van der Waals surface area contributed by atoms with E-state index in [1.165, 1.54) is 0 Å². The van der Waals surface area contributed by atoms with E-state index in [2.05, 4.69) is 0 Å². The SMILES string of the molecule is CP(=O)([O-])Oc1cccc2ccccc12.[Na+]. The monoisotopic (exact) mass is 244 g/mol. The van der Waals surface area contributed by atoms with Crippen LogP contribution < -0.4 is 39.0 Å². The maximum Gasteiger partial charge on any atom is 1.00 e. The Morgan fingerprint density at radius 3 is 2.44 bits per heavy atom. The summed E-state index contributed by atoms with van der Waals surface area (Å²) in [5.41, 5.74) is 0. The fourth-order valence-corrected chi connectivity index (χ4v) is 1.97. The molecule has 0 aliphatic rings. The molecule has 0 N–H and O–H groups in total. The van der Waals surface area contributed by atoms with Crippen LogP contribution in [0.2, 0.25) is 0 Å². The Balaban J connectivity index is 0.00000128. The molecular weight excluding hydrogens is 234 g/mol. The van der Waals surface area contributed by atoms with Crippen LogP contribution in [0, 0.1) is 0 Å². The predicted molar refractivity (Wildman–Crippen MR) is 58.1 cm³/mol. The molecule has 2 rings (SSSR count). The molecule has 16 heavy (non-hydrogen) atoms. The standard InChI is InChI=1S/C11H11O3P.Na/c1-15(12,13)14-11-8-4-6-9-5-2-3-7-10(9)11;/h2-8H,1H3,(H,12,13);/q;+1/p-1. The third-order valence-electron chi connectivity index (χ3n) is 2.01. The molecule has 2 aromatic rings. The first-order valence-electron chi connectivity index (χ1n) is 4.52. The summed E-state index contributed by atoms with van der Waals surface area (Å²) in [6.45, 7) is 1.06. The summed E-state index contributed by atoms with van der Waals surface area (Å²) < 4.78 is 16.0. The van der Waals surface area contributed by atoms with Crippen LogP contribution in [0.4, 0.5) is 0 Å². The van der Waals surface area contributed by atoms with Gasteiger partial charge in [0.25, 0.3) is 0 Å². The molecule has 0 heterocycles. The van der Waals surface area contributed by atoms with Gasteiger partial charge in [0, 0.05) is 12.1 Å². The van der Waals surface area contributed by atoms with Crippen molar-refractivity contribution in [1.29, 1.82) is 0 Å². The van der Waals surface area contributed by atoms with E-state index in [0.29, 0.717) is 5.75 Å². The molecular formula is C11H10NaO3P. The molecule has 0 aliphatic heterocycles. The zero-order valence-corrected chi connectivity index (χ0v) is 12.1. The molecule has 1 atom stereocenters. The van der Waals surface area contributed by atoms with Crippen molar-refractivity contribution in [3.8, 4) is 5.75 Å². The minimum Gasteiger partial charge on any atom is -0.769 e. The molecule has 0 bridgehead atoms. The van der Waals surface area contributed by atoms with Crippen molar-refractivity contribution < 1.29 is 43.5 Å². The molecule has 5 heteroatoms. The second-order valence-electron chi connectivity index (χ2n) is 3.34. The average molecular weight is 244 g/mol. The second kappa shape index (κ2) is 5.35. The van der Waals surface area contributed by atoms with Gasteiger partial charge in [-0.3, -0.25) is 4.57 Å². The normalized spacial score (nSPS) is 13.9. The molecule has 0 aromatic heterocycles. The van der Waals surface area contributed by atoms with Crippen LogP contribution in [-0.4, -0.2) is 6.66 Å². The van der Waals surface area contributed by atoms with Gasteiger partial charge in [-0.15, -0.1) is 0 Å². The van der Waals surface area contributed by atoms with Crippen LogP contribution in [-0.2, 0) is 4.57 Å².